The van der Waals surface area contributed by atoms with Gasteiger partial charge in [0.1, 0.15) is 5.41 Å². The van der Waals surface area contributed by atoms with Crippen LogP contribution in [0.5, 0.6) is 0 Å². The largest absolute Gasteiger partial charge is 0.197 e. The second-order valence-corrected chi connectivity index (χ2v) is 7.25. The molecule has 0 aromatic heterocycles. The fourth-order valence-electron chi connectivity index (χ4n) is 6.46. The molecule has 5 rings (SSSR count). The molecule has 21 heavy (non-hydrogen) atoms. The lowest BCUT2D eigenvalue weighted by molar-refractivity contribution is 0.350. The molecule has 3 nitrogen and oxygen atoms in total. The van der Waals surface area contributed by atoms with E-state index >= 15 is 0 Å². The summed E-state index contributed by atoms with van der Waals surface area (Å²) in [5.74, 6) is 1.18. The maximum Gasteiger partial charge on any atom is 0.144 e. The van der Waals surface area contributed by atoms with Crippen LogP contribution >= 0.6 is 0 Å². The number of nitrogens with zero attached hydrogens (tertiary/aromatic N) is 3. The average molecular weight is 271 g/mol. The van der Waals surface area contributed by atoms with Gasteiger partial charge in [0.2, 0.25) is 0 Å². The maximum absolute atomic E-state index is 9.98. The summed E-state index contributed by atoms with van der Waals surface area (Å²) in [5, 5.41) is 28.9. The maximum atomic E-state index is 9.98. The van der Waals surface area contributed by atoms with Gasteiger partial charge in [0, 0.05) is 5.41 Å². The van der Waals surface area contributed by atoms with Crippen LogP contribution in [0.3, 0.4) is 0 Å². The Bertz CT molecular complexity index is 806. The smallest absolute Gasteiger partial charge is 0.144 e. The molecule has 1 aromatic rings. The lowest BCUT2D eigenvalue weighted by atomic mass is 9.80. The third kappa shape index (κ3) is 0.847. The molecule has 3 heteroatoms. The van der Waals surface area contributed by atoms with E-state index in [0.29, 0.717) is 30.6 Å². The molecule has 3 saturated carbocycles. The molecule has 5 atom stereocenters. The molecule has 100 valence electrons. The van der Waals surface area contributed by atoms with Crippen molar-refractivity contribution in [1.82, 2.24) is 0 Å². The first-order valence-electron chi connectivity index (χ1n) is 7.52. The Morgan fingerprint density at radius 3 is 2.52 bits per heavy atom. The van der Waals surface area contributed by atoms with Crippen LogP contribution < -0.4 is 0 Å². The summed E-state index contributed by atoms with van der Waals surface area (Å²) in [7, 11) is 0. The Morgan fingerprint density at radius 1 is 1.05 bits per heavy atom. The number of nitriles is 3. The van der Waals surface area contributed by atoms with E-state index in [4.69, 9.17) is 0 Å². The Labute approximate surface area is 123 Å². The van der Waals surface area contributed by atoms with Gasteiger partial charge in [0.15, 0.2) is 0 Å². The van der Waals surface area contributed by atoms with Gasteiger partial charge >= 0.3 is 0 Å². The third-order valence-electron chi connectivity index (χ3n) is 6.92. The van der Waals surface area contributed by atoms with Gasteiger partial charge in [-0.15, -0.1) is 0 Å². The Morgan fingerprint density at radius 2 is 1.81 bits per heavy atom. The van der Waals surface area contributed by atoms with Crippen molar-refractivity contribution in [2.45, 2.75) is 30.6 Å². The normalized spacial score (nSPS) is 45.7. The standard InChI is InChI=1S/C18H13N3/c19-8-16(9-20)6-11-5-13-12-3-1-2-4-14(12)18(10-21)15(13)17(11,18)7-16/h1-4,11,13,15H,5-7H2/t11-,13-,15?,17?,18+/m1/s1. The lowest BCUT2D eigenvalue weighted by Gasteiger charge is -2.20. The number of benzene rings is 1. The predicted octanol–water partition coefficient (Wildman–Crippen LogP) is 3.01. The van der Waals surface area contributed by atoms with Crippen LogP contribution in [-0.2, 0) is 5.41 Å². The first-order valence-corrected chi connectivity index (χ1v) is 7.52. The Hall–Kier alpha value is -2.31. The monoisotopic (exact) mass is 271 g/mol. The molecule has 0 saturated heterocycles. The molecule has 0 N–H and O–H groups in total. The van der Waals surface area contributed by atoms with E-state index in [0.717, 1.165) is 6.42 Å². The molecule has 4 aliphatic carbocycles. The number of hydrogen-bond acceptors (Lipinski definition) is 3. The van der Waals surface area contributed by atoms with Crippen molar-refractivity contribution in [3.8, 4) is 18.2 Å². The van der Waals surface area contributed by atoms with Gasteiger partial charge in [-0.2, -0.15) is 15.8 Å². The summed E-state index contributed by atoms with van der Waals surface area (Å²) in [6.45, 7) is 0. The zero-order valence-electron chi connectivity index (χ0n) is 11.5. The quantitative estimate of drug-likeness (QED) is 0.728. The van der Waals surface area contributed by atoms with Crippen LogP contribution in [0.1, 0.15) is 36.3 Å². The van der Waals surface area contributed by atoms with Crippen LogP contribution in [0.25, 0.3) is 0 Å². The van der Waals surface area contributed by atoms with Crippen LogP contribution in [0, 0.1) is 56.7 Å². The summed E-state index contributed by atoms with van der Waals surface area (Å²) in [6.07, 6.45) is 2.31. The molecule has 1 aromatic carbocycles. The lowest BCUT2D eigenvalue weighted by Crippen LogP contribution is -2.20. The summed E-state index contributed by atoms with van der Waals surface area (Å²) in [5.41, 5.74) is 1.18. The second-order valence-electron chi connectivity index (χ2n) is 7.25. The van der Waals surface area contributed by atoms with Crippen molar-refractivity contribution >= 4 is 0 Å². The number of fused-ring (bicyclic) bond motifs is 3. The van der Waals surface area contributed by atoms with E-state index in [1.165, 1.54) is 11.1 Å². The molecule has 0 radical (unpaired) electrons. The molecule has 0 bridgehead atoms. The molecular weight excluding hydrogens is 258 g/mol. The van der Waals surface area contributed by atoms with Crippen molar-refractivity contribution in [2.75, 3.05) is 0 Å². The van der Waals surface area contributed by atoms with Crippen LogP contribution in [0.4, 0.5) is 0 Å². The zero-order chi connectivity index (χ0) is 14.5. The van der Waals surface area contributed by atoms with E-state index in [2.05, 4.69) is 36.4 Å². The Balaban J connectivity index is 1.74. The summed E-state index contributed by atoms with van der Waals surface area (Å²) >= 11 is 0. The second kappa shape index (κ2) is 2.98. The van der Waals surface area contributed by atoms with E-state index in [-0.39, 0.29) is 5.41 Å². The van der Waals surface area contributed by atoms with Gasteiger partial charge in [0.25, 0.3) is 0 Å². The van der Waals surface area contributed by atoms with Gasteiger partial charge in [-0.1, -0.05) is 24.3 Å². The van der Waals surface area contributed by atoms with Gasteiger partial charge in [-0.05, 0) is 48.1 Å². The summed E-state index contributed by atoms with van der Waals surface area (Å²) in [6, 6.07) is 15.5. The van der Waals surface area contributed by atoms with Crippen molar-refractivity contribution in [2.24, 2.45) is 22.7 Å². The Kier molecular flexibility index (Phi) is 1.61. The zero-order valence-corrected chi connectivity index (χ0v) is 11.5. The van der Waals surface area contributed by atoms with E-state index in [1.54, 1.807) is 0 Å². The van der Waals surface area contributed by atoms with Crippen LogP contribution in [0.2, 0.25) is 0 Å². The van der Waals surface area contributed by atoms with Gasteiger partial charge in [-0.25, -0.2) is 0 Å². The van der Waals surface area contributed by atoms with Crippen molar-refractivity contribution in [3.05, 3.63) is 35.4 Å². The highest BCUT2D eigenvalue weighted by Crippen LogP contribution is 2.91. The molecular formula is C18H13N3. The average Bonchev–Trinajstić information content (AvgIpc) is 2.77. The van der Waals surface area contributed by atoms with E-state index in [1.807, 2.05) is 6.07 Å². The summed E-state index contributed by atoms with van der Waals surface area (Å²) in [4.78, 5) is 0. The highest BCUT2D eigenvalue weighted by molar-refractivity contribution is 5.64. The highest BCUT2D eigenvalue weighted by atomic mass is 14.9. The highest BCUT2D eigenvalue weighted by Gasteiger charge is 2.91. The molecule has 0 heterocycles. The summed E-state index contributed by atoms with van der Waals surface area (Å²) < 4.78 is 0. The topological polar surface area (TPSA) is 71.4 Å². The molecule has 4 aliphatic rings. The minimum absolute atomic E-state index is 0.0910. The third-order valence-corrected chi connectivity index (χ3v) is 6.92. The van der Waals surface area contributed by atoms with E-state index in [9.17, 15) is 15.8 Å². The molecule has 1 spiro atoms. The minimum Gasteiger partial charge on any atom is -0.197 e. The minimum atomic E-state index is -0.862. The van der Waals surface area contributed by atoms with Crippen molar-refractivity contribution < 1.29 is 0 Å². The van der Waals surface area contributed by atoms with Crippen LogP contribution in [-0.4, -0.2) is 0 Å². The molecule has 0 amide bonds. The molecule has 0 aliphatic heterocycles. The van der Waals surface area contributed by atoms with Crippen molar-refractivity contribution in [1.29, 1.82) is 15.8 Å². The first-order chi connectivity index (χ1) is 10.2. The number of rotatable bonds is 0. The number of hydrogen-bond donors (Lipinski definition) is 0. The SMILES string of the molecule is N#CC1(C#N)C[C@H]2C[C@@H]3c4ccccc4[C@@]4(C#N)C3C24C1. The fourth-order valence-corrected chi connectivity index (χ4v) is 6.46. The molecule has 2 unspecified atom stereocenters. The predicted molar refractivity (Wildman–Crippen MR) is 73.4 cm³/mol. The van der Waals surface area contributed by atoms with Crippen LogP contribution in [0.15, 0.2) is 24.3 Å². The van der Waals surface area contributed by atoms with Crippen molar-refractivity contribution in [3.63, 3.8) is 0 Å². The van der Waals surface area contributed by atoms with Gasteiger partial charge < -0.3 is 0 Å². The van der Waals surface area contributed by atoms with Gasteiger partial charge in [0.05, 0.1) is 23.6 Å². The first kappa shape index (κ1) is 11.4. The van der Waals surface area contributed by atoms with E-state index < -0.39 is 10.8 Å². The fraction of sp³-hybridized carbons (Fsp3) is 0.500. The molecule has 3 fully saturated rings. The van der Waals surface area contributed by atoms with Gasteiger partial charge in [-0.3, -0.25) is 0 Å².